The van der Waals surface area contributed by atoms with Gasteiger partial charge in [0.05, 0.1) is 52.5 Å². The van der Waals surface area contributed by atoms with Gasteiger partial charge in [0, 0.05) is 87.3 Å². The molecule has 97 heavy (non-hydrogen) atoms. The highest BCUT2D eigenvalue weighted by Gasteiger charge is 2.39. The molecular weight excluding hydrogens is 1270 g/mol. The second-order valence-corrected chi connectivity index (χ2v) is 26.5. The molecule has 0 radical (unpaired) electrons. The smallest absolute Gasteiger partial charge is 0.294 e. The van der Waals surface area contributed by atoms with Gasteiger partial charge in [-0.15, -0.1) is 21.5 Å². The molecule has 518 valence electrons. The third-order valence-corrected chi connectivity index (χ3v) is 19.3. The summed E-state index contributed by atoms with van der Waals surface area (Å²) >= 11 is 1.43. The van der Waals surface area contributed by atoms with Gasteiger partial charge in [-0.1, -0.05) is 32.1 Å². The number of carbonyl (C=O) groups excluding carboxylic acids is 9. The van der Waals surface area contributed by atoms with E-state index in [2.05, 4.69) is 42.1 Å². The predicted octanol–water partition coefficient (Wildman–Crippen LogP) is 10.2. The lowest BCUT2D eigenvalue weighted by atomic mass is 9.74. The largest absolute Gasteiger partial charge is 0.394 e. The molecule has 26 heteroatoms. The summed E-state index contributed by atoms with van der Waals surface area (Å²) in [6.07, 6.45) is 8.70. The van der Waals surface area contributed by atoms with E-state index < -0.39 is 58.3 Å². The minimum absolute atomic E-state index is 0.126. The fourth-order valence-corrected chi connectivity index (χ4v) is 13.5. The number of benzene rings is 3. The summed E-state index contributed by atoms with van der Waals surface area (Å²) in [5.74, 6) is -6.78. The number of aromatic nitrogens is 5. The number of aliphatic hydroxyl groups is 1. The Kier molecular flexibility index (Phi) is 24.8. The van der Waals surface area contributed by atoms with Crippen molar-refractivity contribution in [2.24, 2.45) is 26.6 Å². The summed E-state index contributed by atoms with van der Waals surface area (Å²) in [6, 6.07) is 12.8. The Hall–Kier alpha value is -9.40. The SMILES string of the molecule is COCC1(CNC(=O)C(=O)c2c(C)c(C(=O)Nc3ccc(F)c(C)c3)c(C)n2C)CCCCC1.Cc1cc(NC(=O)c2c(C)c(C(=O)C(=O)NC3(CO)CCCC3)n(C)c2C)ccc1F.Cc1nnc(CCNC(=O)C(=O)c2c(C)c(C(=O)Nc3ccc(F)c(C)c3)c(C)n2C)s1. The van der Waals surface area contributed by atoms with Gasteiger partial charge < -0.3 is 55.4 Å². The number of ether oxygens (including phenoxy) is 1. The van der Waals surface area contributed by atoms with E-state index >= 15 is 0 Å². The summed E-state index contributed by atoms with van der Waals surface area (Å²) in [5, 5.41) is 35.6. The second-order valence-electron chi connectivity index (χ2n) is 25.2. The van der Waals surface area contributed by atoms with Gasteiger partial charge in [-0.2, -0.15) is 0 Å². The molecule has 0 spiro atoms. The maximum atomic E-state index is 13.6. The predicted molar refractivity (Wildman–Crippen MR) is 363 cm³/mol. The number of nitrogens with zero attached hydrogens (tertiary/aromatic N) is 5. The zero-order valence-electron chi connectivity index (χ0n) is 57.4. The molecular formula is C71H86F3N11O11S. The first-order valence-electron chi connectivity index (χ1n) is 31.9. The van der Waals surface area contributed by atoms with Gasteiger partial charge in [0.15, 0.2) is 0 Å². The first-order chi connectivity index (χ1) is 45.8. The molecule has 7 aromatic rings. The number of hydrogen-bond donors (Lipinski definition) is 7. The second kappa shape index (κ2) is 32.1. The Morgan fingerprint density at radius 3 is 1.25 bits per heavy atom. The average molecular weight is 1360 g/mol. The van der Waals surface area contributed by atoms with E-state index in [-0.39, 0.29) is 53.1 Å². The molecule has 6 amide bonds. The molecule has 0 unspecified atom stereocenters. The molecule has 4 aromatic heterocycles. The molecule has 4 heterocycles. The van der Waals surface area contributed by atoms with E-state index in [1.807, 2.05) is 6.92 Å². The minimum atomic E-state index is -0.791. The summed E-state index contributed by atoms with van der Waals surface area (Å²) in [7, 11) is 6.57. The molecule has 2 fully saturated rings. The van der Waals surface area contributed by atoms with E-state index in [4.69, 9.17) is 4.74 Å². The third-order valence-electron chi connectivity index (χ3n) is 18.4. The minimum Gasteiger partial charge on any atom is -0.394 e. The van der Waals surface area contributed by atoms with Crippen molar-refractivity contribution in [1.82, 2.24) is 39.8 Å². The number of rotatable bonds is 21. The molecule has 0 saturated heterocycles. The summed E-state index contributed by atoms with van der Waals surface area (Å²) in [4.78, 5) is 116. The Labute approximate surface area is 565 Å². The van der Waals surface area contributed by atoms with Crippen molar-refractivity contribution in [3.63, 3.8) is 0 Å². The van der Waals surface area contributed by atoms with Crippen molar-refractivity contribution in [3.05, 3.63) is 166 Å². The van der Waals surface area contributed by atoms with E-state index in [9.17, 15) is 61.4 Å². The molecule has 0 atom stereocenters. The van der Waals surface area contributed by atoms with Crippen molar-refractivity contribution < 1.29 is 66.2 Å². The van der Waals surface area contributed by atoms with Crippen LogP contribution < -0.4 is 31.9 Å². The number of Topliss-reactive ketones (excluding diaryl/α,β-unsaturated/α-hetero) is 3. The molecule has 2 saturated carbocycles. The number of amides is 6. The number of ketones is 3. The highest BCUT2D eigenvalue weighted by atomic mass is 32.1. The normalized spacial score (nSPS) is 13.7. The van der Waals surface area contributed by atoms with Gasteiger partial charge in [0.25, 0.3) is 52.8 Å². The van der Waals surface area contributed by atoms with Crippen molar-refractivity contribution in [2.45, 2.75) is 139 Å². The molecule has 3 aromatic carbocycles. The quantitative estimate of drug-likeness (QED) is 0.0261. The summed E-state index contributed by atoms with van der Waals surface area (Å²) in [5.41, 5.74) is 5.85. The van der Waals surface area contributed by atoms with Crippen molar-refractivity contribution >= 4 is 81.2 Å². The van der Waals surface area contributed by atoms with Crippen molar-refractivity contribution in [1.29, 1.82) is 0 Å². The lowest BCUT2D eigenvalue weighted by molar-refractivity contribution is -0.119. The van der Waals surface area contributed by atoms with Crippen LogP contribution in [0.5, 0.6) is 0 Å². The number of aliphatic hydroxyl groups excluding tert-OH is 1. The number of halogens is 3. The molecule has 2 aliphatic rings. The number of aryl methyl sites for hydroxylation is 4. The van der Waals surface area contributed by atoms with Gasteiger partial charge in [0.1, 0.15) is 27.5 Å². The van der Waals surface area contributed by atoms with Crippen LogP contribution in [-0.2, 0) is 46.7 Å². The van der Waals surface area contributed by atoms with Crippen LogP contribution >= 0.6 is 11.3 Å². The molecule has 9 rings (SSSR count). The van der Waals surface area contributed by atoms with Crippen LogP contribution in [0, 0.1) is 92.1 Å². The van der Waals surface area contributed by atoms with E-state index in [1.54, 1.807) is 101 Å². The molecule has 0 aliphatic heterocycles. The van der Waals surface area contributed by atoms with Gasteiger partial charge in [-0.25, -0.2) is 13.2 Å². The van der Waals surface area contributed by atoms with E-state index in [0.717, 1.165) is 48.5 Å². The third kappa shape index (κ3) is 17.2. The van der Waals surface area contributed by atoms with Crippen LogP contribution in [0.25, 0.3) is 0 Å². The Balaban J connectivity index is 0.000000205. The van der Waals surface area contributed by atoms with Gasteiger partial charge >= 0.3 is 0 Å². The average Bonchev–Trinajstić information content (AvgIpc) is 1.67. The molecule has 7 N–H and O–H groups in total. The lowest BCUT2D eigenvalue weighted by Gasteiger charge is -2.36. The Morgan fingerprint density at radius 1 is 0.526 bits per heavy atom. The topological polar surface area (TPSA) is 296 Å². The first-order valence-corrected chi connectivity index (χ1v) is 32.7. The van der Waals surface area contributed by atoms with Crippen molar-refractivity contribution in [3.8, 4) is 0 Å². The van der Waals surface area contributed by atoms with Crippen molar-refractivity contribution in [2.75, 3.05) is 49.4 Å². The van der Waals surface area contributed by atoms with Crippen LogP contribution in [0.3, 0.4) is 0 Å². The number of carbonyl (C=O) groups is 9. The van der Waals surface area contributed by atoms with Gasteiger partial charge in [-0.05, 0) is 183 Å². The highest BCUT2D eigenvalue weighted by molar-refractivity contribution is 7.11. The van der Waals surface area contributed by atoms with Gasteiger partial charge in [0.2, 0.25) is 0 Å². The maximum absolute atomic E-state index is 13.6. The summed E-state index contributed by atoms with van der Waals surface area (Å²) in [6.45, 7) is 17.6. The maximum Gasteiger partial charge on any atom is 0.294 e. The number of methoxy groups -OCH3 is 1. The highest BCUT2D eigenvalue weighted by Crippen LogP contribution is 2.37. The van der Waals surface area contributed by atoms with E-state index in [0.29, 0.717) is 117 Å². The monoisotopic (exact) mass is 1360 g/mol. The van der Waals surface area contributed by atoms with Gasteiger partial charge in [-0.3, -0.25) is 43.2 Å². The zero-order valence-corrected chi connectivity index (χ0v) is 58.2. The molecule has 2 aliphatic carbocycles. The number of hydrogen-bond acceptors (Lipinski definition) is 14. The number of anilines is 3. The Morgan fingerprint density at radius 2 is 0.897 bits per heavy atom. The van der Waals surface area contributed by atoms with Crippen LogP contribution in [-0.4, -0.2) is 121 Å². The lowest BCUT2D eigenvalue weighted by Crippen LogP contribution is -2.51. The van der Waals surface area contributed by atoms with Crippen LogP contribution in [0.4, 0.5) is 30.2 Å². The number of nitrogens with one attached hydrogen (secondary N) is 6. The molecule has 0 bridgehead atoms. The molecule has 22 nitrogen and oxygen atoms in total. The fraction of sp³-hybridized carbons (Fsp3) is 0.423. The van der Waals surface area contributed by atoms with Crippen LogP contribution in [0.15, 0.2) is 54.6 Å². The zero-order chi connectivity index (χ0) is 71.5. The van der Waals surface area contributed by atoms with Crippen LogP contribution in [0.2, 0.25) is 0 Å². The fourth-order valence-electron chi connectivity index (χ4n) is 12.8. The standard InChI is InChI=1S/C26H34FN3O4.C23H28FN3O4.C22H24FN5O3S/c1-16-13-19(9-10-20(16)27)29-24(32)21-17(2)22(30(4)18(21)3)23(31)25(33)28-14-26(15-34-5)11-7-6-8-12-26;1-13-11-16(7-8-17(13)24)25-21(30)18-14(2)19(27(4)15(18)3)20(29)22(31)26-23(12-28)9-5-6-10-23;1-11-10-15(6-7-16(11)23)25-21(30)18-12(2)19(28(5)13(18)3)20(29)22(31)24-9-8-17-27-26-14(4)32-17/h9-10,13H,6-8,11-12,14-15H2,1-5H3,(H,28,33)(H,29,32);7-8,11,28H,5-6,9-10,12H2,1-4H3,(H,25,30)(H,26,31);6-7,10H,8-9H2,1-5H3,(H,24,31)(H,25,30). The van der Waals surface area contributed by atoms with Crippen LogP contribution in [0.1, 0.15) is 181 Å². The van der Waals surface area contributed by atoms with E-state index in [1.165, 1.54) is 75.4 Å². The summed E-state index contributed by atoms with van der Waals surface area (Å²) < 4.78 is 50.6. The first kappa shape index (κ1) is 75.0. The Bertz CT molecular complexity index is 4200.